The first-order valence-corrected chi connectivity index (χ1v) is 6.20. The molecule has 1 nitrogen and oxygen atoms in total. The van der Waals surface area contributed by atoms with E-state index < -0.39 is 0 Å². The Balaban J connectivity index is 2.20. The van der Waals surface area contributed by atoms with Crippen molar-refractivity contribution < 1.29 is 5.11 Å². The third kappa shape index (κ3) is 2.17. The SMILES string of the molecule is CC1=C2C(CCC[C@H]2/C=C(\C)CO)CC1. The lowest BCUT2D eigenvalue weighted by Gasteiger charge is -2.28. The number of hydrogen-bond acceptors (Lipinski definition) is 1. The fourth-order valence-corrected chi connectivity index (χ4v) is 3.27. The number of aliphatic hydroxyl groups excluding tert-OH is 1. The lowest BCUT2D eigenvalue weighted by Crippen LogP contribution is -2.16. The first-order valence-electron chi connectivity index (χ1n) is 6.20. The summed E-state index contributed by atoms with van der Waals surface area (Å²) in [5, 5.41) is 9.09. The average molecular weight is 206 g/mol. The highest BCUT2D eigenvalue weighted by atomic mass is 16.3. The van der Waals surface area contributed by atoms with Gasteiger partial charge in [0.25, 0.3) is 0 Å². The molecule has 1 heteroatoms. The van der Waals surface area contributed by atoms with Crippen LogP contribution in [0.25, 0.3) is 0 Å². The summed E-state index contributed by atoms with van der Waals surface area (Å²) in [7, 11) is 0. The molecule has 15 heavy (non-hydrogen) atoms. The molecule has 1 fully saturated rings. The van der Waals surface area contributed by atoms with Gasteiger partial charge in [-0.3, -0.25) is 0 Å². The highest BCUT2D eigenvalue weighted by Crippen LogP contribution is 2.45. The van der Waals surface area contributed by atoms with Crippen LogP contribution in [0.2, 0.25) is 0 Å². The molecule has 0 spiro atoms. The maximum atomic E-state index is 9.09. The number of aliphatic hydroxyl groups is 1. The molecule has 2 aliphatic carbocycles. The minimum atomic E-state index is 0.216. The van der Waals surface area contributed by atoms with Crippen molar-refractivity contribution >= 4 is 0 Å². The molecule has 0 aromatic heterocycles. The predicted octanol–water partition coefficient (Wildman–Crippen LogP) is 3.45. The molecular weight excluding hydrogens is 184 g/mol. The van der Waals surface area contributed by atoms with Gasteiger partial charge in [-0.05, 0) is 51.4 Å². The summed E-state index contributed by atoms with van der Waals surface area (Å²) in [5.41, 5.74) is 4.48. The summed E-state index contributed by atoms with van der Waals surface area (Å²) in [6.45, 7) is 4.55. The van der Waals surface area contributed by atoms with Gasteiger partial charge in [0.15, 0.2) is 0 Å². The third-order valence-corrected chi connectivity index (χ3v) is 4.00. The molecule has 1 N–H and O–H groups in total. The molecule has 0 amide bonds. The summed E-state index contributed by atoms with van der Waals surface area (Å²) in [6, 6.07) is 0. The Bertz CT molecular complexity index is 298. The lowest BCUT2D eigenvalue weighted by molar-refractivity contribution is 0.328. The van der Waals surface area contributed by atoms with Gasteiger partial charge in [-0.1, -0.05) is 29.2 Å². The number of hydrogen-bond donors (Lipinski definition) is 1. The quantitative estimate of drug-likeness (QED) is 0.686. The Morgan fingerprint density at radius 3 is 2.93 bits per heavy atom. The zero-order valence-electron chi connectivity index (χ0n) is 9.92. The Morgan fingerprint density at radius 2 is 2.20 bits per heavy atom. The van der Waals surface area contributed by atoms with Gasteiger partial charge in [-0.2, -0.15) is 0 Å². The summed E-state index contributed by atoms with van der Waals surface area (Å²) in [4.78, 5) is 0. The van der Waals surface area contributed by atoms with E-state index in [0.29, 0.717) is 5.92 Å². The molecule has 2 aliphatic rings. The van der Waals surface area contributed by atoms with Gasteiger partial charge in [0.2, 0.25) is 0 Å². The maximum absolute atomic E-state index is 9.09. The van der Waals surface area contributed by atoms with E-state index in [1.807, 2.05) is 6.92 Å². The molecule has 2 atom stereocenters. The van der Waals surface area contributed by atoms with Gasteiger partial charge in [-0.25, -0.2) is 0 Å². The fourth-order valence-electron chi connectivity index (χ4n) is 3.27. The first-order chi connectivity index (χ1) is 7.22. The van der Waals surface area contributed by atoms with Crippen LogP contribution in [0.4, 0.5) is 0 Å². The van der Waals surface area contributed by atoms with Crippen LogP contribution in [0.1, 0.15) is 46.0 Å². The highest BCUT2D eigenvalue weighted by molar-refractivity contribution is 5.29. The molecule has 1 unspecified atom stereocenters. The molecule has 0 aromatic carbocycles. The van der Waals surface area contributed by atoms with Crippen LogP contribution in [0.15, 0.2) is 22.8 Å². The van der Waals surface area contributed by atoms with E-state index in [1.54, 1.807) is 11.1 Å². The van der Waals surface area contributed by atoms with E-state index in [2.05, 4.69) is 13.0 Å². The Morgan fingerprint density at radius 1 is 1.40 bits per heavy atom. The van der Waals surface area contributed by atoms with E-state index in [9.17, 15) is 0 Å². The molecule has 0 aliphatic heterocycles. The molecule has 0 aromatic rings. The zero-order valence-corrected chi connectivity index (χ0v) is 9.92. The van der Waals surface area contributed by atoms with Gasteiger partial charge >= 0.3 is 0 Å². The second-order valence-electron chi connectivity index (χ2n) is 5.18. The summed E-state index contributed by atoms with van der Waals surface area (Å²) in [5.74, 6) is 1.50. The Hall–Kier alpha value is -0.560. The smallest absolute Gasteiger partial charge is 0.0639 e. The second-order valence-corrected chi connectivity index (χ2v) is 5.18. The van der Waals surface area contributed by atoms with Gasteiger partial charge in [-0.15, -0.1) is 0 Å². The fraction of sp³-hybridized carbons (Fsp3) is 0.714. The van der Waals surface area contributed by atoms with E-state index in [0.717, 1.165) is 11.5 Å². The largest absolute Gasteiger partial charge is 0.392 e. The van der Waals surface area contributed by atoms with Crippen molar-refractivity contribution in [1.82, 2.24) is 0 Å². The van der Waals surface area contributed by atoms with Crippen molar-refractivity contribution in [2.24, 2.45) is 11.8 Å². The van der Waals surface area contributed by atoms with E-state index >= 15 is 0 Å². The van der Waals surface area contributed by atoms with Crippen LogP contribution in [-0.4, -0.2) is 11.7 Å². The van der Waals surface area contributed by atoms with Crippen molar-refractivity contribution in [2.75, 3.05) is 6.61 Å². The number of allylic oxidation sites excluding steroid dienone is 3. The highest BCUT2D eigenvalue weighted by Gasteiger charge is 2.31. The normalized spacial score (nSPS) is 32.1. The Labute approximate surface area is 92.9 Å². The van der Waals surface area contributed by atoms with Crippen molar-refractivity contribution in [1.29, 1.82) is 0 Å². The van der Waals surface area contributed by atoms with Crippen LogP contribution in [0.3, 0.4) is 0 Å². The van der Waals surface area contributed by atoms with Crippen LogP contribution < -0.4 is 0 Å². The summed E-state index contributed by atoms with van der Waals surface area (Å²) < 4.78 is 0. The standard InChI is InChI=1S/C14H22O/c1-10(9-15)8-13-5-3-4-12-7-6-11(2)14(12)13/h8,12-13,15H,3-7,9H2,1-2H3/b10-8+/t12?,13-/m0/s1. The first kappa shape index (κ1) is 10.9. The molecule has 2 rings (SSSR count). The molecule has 0 heterocycles. The van der Waals surface area contributed by atoms with Crippen LogP contribution >= 0.6 is 0 Å². The van der Waals surface area contributed by atoms with Crippen molar-refractivity contribution in [3.8, 4) is 0 Å². The van der Waals surface area contributed by atoms with E-state index in [-0.39, 0.29) is 6.61 Å². The minimum Gasteiger partial charge on any atom is -0.392 e. The minimum absolute atomic E-state index is 0.216. The average Bonchev–Trinajstić information content (AvgIpc) is 2.61. The van der Waals surface area contributed by atoms with Crippen LogP contribution in [0.5, 0.6) is 0 Å². The molecule has 0 bridgehead atoms. The number of rotatable bonds is 2. The van der Waals surface area contributed by atoms with Crippen LogP contribution in [-0.2, 0) is 0 Å². The third-order valence-electron chi connectivity index (χ3n) is 4.00. The second kappa shape index (κ2) is 4.52. The lowest BCUT2D eigenvalue weighted by atomic mass is 9.77. The maximum Gasteiger partial charge on any atom is 0.0639 e. The summed E-state index contributed by atoms with van der Waals surface area (Å²) in [6.07, 6.45) is 9.04. The zero-order chi connectivity index (χ0) is 10.8. The molecule has 1 saturated carbocycles. The van der Waals surface area contributed by atoms with Gasteiger partial charge in [0, 0.05) is 0 Å². The van der Waals surface area contributed by atoms with Crippen molar-refractivity contribution in [3.05, 3.63) is 22.8 Å². The molecule has 0 saturated heterocycles. The molecule has 0 radical (unpaired) electrons. The van der Waals surface area contributed by atoms with Gasteiger partial charge < -0.3 is 5.11 Å². The monoisotopic (exact) mass is 206 g/mol. The predicted molar refractivity (Wildman–Crippen MR) is 63.6 cm³/mol. The van der Waals surface area contributed by atoms with Crippen LogP contribution in [0, 0.1) is 11.8 Å². The summed E-state index contributed by atoms with van der Waals surface area (Å²) >= 11 is 0. The number of fused-ring (bicyclic) bond motifs is 1. The van der Waals surface area contributed by atoms with E-state index in [4.69, 9.17) is 5.11 Å². The molecule has 84 valence electrons. The Kier molecular flexibility index (Phi) is 3.30. The van der Waals surface area contributed by atoms with Crippen molar-refractivity contribution in [3.63, 3.8) is 0 Å². The van der Waals surface area contributed by atoms with Gasteiger partial charge in [0.1, 0.15) is 0 Å². The van der Waals surface area contributed by atoms with Crippen molar-refractivity contribution in [2.45, 2.75) is 46.0 Å². The topological polar surface area (TPSA) is 20.2 Å². The molecular formula is C14H22O. The van der Waals surface area contributed by atoms with E-state index in [1.165, 1.54) is 32.1 Å². The van der Waals surface area contributed by atoms with Gasteiger partial charge in [0.05, 0.1) is 6.61 Å².